The summed E-state index contributed by atoms with van der Waals surface area (Å²) < 4.78 is 42.4. The number of nitrogens with one attached hydrogen (secondary N) is 1. The third-order valence-electron chi connectivity index (χ3n) is 5.87. The Bertz CT molecular complexity index is 1380. The van der Waals surface area contributed by atoms with Crippen molar-refractivity contribution >= 4 is 17.6 Å². The topological polar surface area (TPSA) is 87.7 Å². The van der Waals surface area contributed by atoms with Crippen LogP contribution in [0.2, 0.25) is 0 Å². The van der Waals surface area contributed by atoms with E-state index in [2.05, 4.69) is 22.0 Å². The Morgan fingerprint density at radius 3 is 2.44 bits per heavy atom. The number of ether oxygens (including phenoxy) is 1. The molecule has 4 rings (SSSR count). The molecule has 0 spiro atoms. The second-order valence-corrected chi connectivity index (χ2v) is 8.61. The largest absolute Gasteiger partial charge is 0.494 e. The molecule has 0 unspecified atom stereocenters. The molecule has 2 aromatic carbocycles. The van der Waals surface area contributed by atoms with Crippen molar-refractivity contribution in [3.63, 3.8) is 0 Å². The van der Waals surface area contributed by atoms with Gasteiger partial charge in [0.1, 0.15) is 12.3 Å². The molecular formula is C28H26F3N5O3. The lowest BCUT2D eigenvalue weighted by Gasteiger charge is -2.35. The van der Waals surface area contributed by atoms with Crippen molar-refractivity contribution in [2.24, 2.45) is 0 Å². The SMILES string of the molecule is CCOc1cccc(C#Cc2ccccc2C(=O)N2CCN(c3ccc(C(=O)NCC(F)(F)F)nn3)CC2)c1. The normalized spacial score (nSPS) is 13.3. The smallest absolute Gasteiger partial charge is 0.405 e. The molecule has 0 saturated carbocycles. The van der Waals surface area contributed by atoms with Gasteiger partial charge in [0.2, 0.25) is 0 Å². The van der Waals surface area contributed by atoms with Crippen LogP contribution in [0.15, 0.2) is 60.7 Å². The molecule has 0 aliphatic carbocycles. The van der Waals surface area contributed by atoms with Crippen molar-refractivity contribution < 1.29 is 27.5 Å². The molecule has 39 heavy (non-hydrogen) atoms. The van der Waals surface area contributed by atoms with Crippen molar-refractivity contribution in [3.8, 4) is 17.6 Å². The number of hydrogen-bond acceptors (Lipinski definition) is 6. The highest BCUT2D eigenvalue weighted by Crippen LogP contribution is 2.18. The average Bonchev–Trinajstić information content (AvgIpc) is 2.95. The molecule has 0 radical (unpaired) electrons. The first-order chi connectivity index (χ1) is 18.7. The van der Waals surface area contributed by atoms with Gasteiger partial charge in [-0.1, -0.05) is 30.0 Å². The Balaban J connectivity index is 1.38. The van der Waals surface area contributed by atoms with Gasteiger partial charge in [0.25, 0.3) is 11.8 Å². The van der Waals surface area contributed by atoms with Crippen LogP contribution < -0.4 is 15.0 Å². The summed E-state index contributed by atoms with van der Waals surface area (Å²) in [6, 6.07) is 17.5. The molecule has 2 amide bonds. The number of benzene rings is 2. The zero-order valence-electron chi connectivity index (χ0n) is 21.2. The van der Waals surface area contributed by atoms with E-state index in [9.17, 15) is 22.8 Å². The van der Waals surface area contributed by atoms with Gasteiger partial charge in [-0.3, -0.25) is 9.59 Å². The summed E-state index contributed by atoms with van der Waals surface area (Å²) in [5.74, 6) is 6.33. The zero-order valence-corrected chi connectivity index (χ0v) is 21.2. The summed E-state index contributed by atoms with van der Waals surface area (Å²) in [5.41, 5.74) is 1.70. The minimum absolute atomic E-state index is 0.134. The fourth-order valence-corrected chi connectivity index (χ4v) is 3.94. The summed E-state index contributed by atoms with van der Waals surface area (Å²) in [6.07, 6.45) is -4.51. The lowest BCUT2D eigenvalue weighted by Crippen LogP contribution is -2.49. The number of piperazine rings is 1. The van der Waals surface area contributed by atoms with E-state index in [4.69, 9.17) is 4.74 Å². The zero-order chi connectivity index (χ0) is 27.8. The van der Waals surface area contributed by atoms with E-state index < -0.39 is 18.6 Å². The highest BCUT2D eigenvalue weighted by Gasteiger charge is 2.28. The molecule has 8 nitrogen and oxygen atoms in total. The van der Waals surface area contributed by atoms with Gasteiger partial charge in [0, 0.05) is 37.3 Å². The van der Waals surface area contributed by atoms with Gasteiger partial charge in [-0.05, 0) is 49.4 Å². The molecule has 0 atom stereocenters. The van der Waals surface area contributed by atoms with Crippen LogP contribution in [-0.4, -0.2) is 72.4 Å². The van der Waals surface area contributed by atoms with Crippen molar-refractivity contribution in [3.05, 3.63) is 83.0 Å². The van der Waals surface area contributed by atoms with E-state index in [1.165, 1.54) is 12.1 Å². The Labute approximate surface area is 223 Å². The molecule has 1 aromatic heterocycles. The first-order valence-electron chi connectivity index (χ1n) is 12.3. The maximum Gasteiger partial charge on any atom is 0.405 e. The quantitative estimate of drug-likeness (QED) is 0.485. The molecule has 3 aromatic rings. The Morgan fingerprint density at radius 1 is 0.974 bits per heavy atom. The molecule has 1 aliphatic rings. The molecule has 1 saturated heterocycles. The molecular weight excluding hydrogens is 511 g/mol. The lowest BCUT2D eigenvalue weighted by atomic mass is 10.1. The van der Waals surface area contributed by atoms with E-state index in [-0.39, 0.29) is 11.6 Å². The summed E-state index contributed by atoms with van der Waals surface area (Å²) in [7, 11) is 0. The fourth-order valence-electron chi connectivity index (χ4n) is 3.94. The minimum Gasteiger partial charge on any atom is -0.494 e. The van der Waals surface area contributed by atoms with E-state index in [0.29, 0.717) is 49.7 Å². The van der Waals surface area contributed by atoms with E-state index in [1.807, 2.05) is 48.2 Å². The van der Waals surface area contributed by atoms with Gasteiger partial charge in [-0.25, -0.2) is 0 Å². The number of anilines is 1. The fraction of sp³-hybridized carbons (Fsp3) is 0.286. The van der Waals surface area contributed by atoms with Gasteiger partial charge in [0.05, 0.1) is 12.2 Å². The maximum absolute atomic E-state index is 13.3. The van der Waals surface area contributed by atoms with Crippen LogP contribution >= 0.6 is 0 Å². The van der Waals surface area contributed by atoms with Crippen molar-refractivity contribution in [2.45, 2.75) is 13.1 Å². The van der Waals surface area contributed by atoms with Gasteiger partial charge in [-0.2, -0.15) is 13.2 Å². The van der Waals surface area contributed by atoms with E-state index in [0.717, 1.165) is 11.3 Å². The molecule has 1 aliphatic heterocycles. The van der Waals surface area contributed by atoms with Crippen LogP contribution in [-0.2, 0) is 0 Å². The second-order valence-electron chi connectivity index (χ2n) is 8.61. The first kappa shape index (κ1) is 27.4. The molecule has 1 N–H and O–H groups in total. The number of amides is 2. The third kappa shape index (κ3) is 7.47. The van der Waals surface area contributed by atoms with Crippen molar-refractivity contribution in [1.82, 2.24) is 20.4 Å². The molecule has 1 fully saturated rings. The van der Waals surface area contributed by atoms with Crippen LogP contribution in [0.3, 0.4) is 0 Å². The first-order valence-corrected chi connectivity index (χ1v) is 12.3. The van der Waals surface area contributed by atoms with Gasteiger partial charge in [0.15, 0.2) is 11.5 Å². The Hall–Kier alpha value is -4.59. The highest BCUT2D eigenvalue weighted by molar-refractivity contribution is 5.97. The summed E-state index contributed by atoms with van der Waals surface area (Å²) in [6.45, 7) is 2.81. The average molecular weight is 538 g/mol. The Kier molecular flexibility index (Phi) is 8.66. The number of alkyl halides is 3. The van der Waals surface area contributed by atoms with Crippen molar-refractivity contribution in [1.29, 1.82) is 0 Å². The predicted molar refractivity (Wildman–Crippen MR) is 139 cm³/mol. The highest BCUT2D eigenvalue weighted by atomic mass is 19.4. The number of hydrogen-bond donors (Lipinski definition) is 1. The van der Waals surface area contributed by atoms with Gasteiger partial charge >= 0.3 is 6.18 Å². The van der Waals surface area contributed by atoms with Gasteiger partial charge < -0.3 is 19.9 Å². The lowest BCUT2D eigenvalue weighted by molar-refractivity contribution is -0.123. The number of carbonyl (C=O) groups excluding carboxylic acids is 2. The summed E-state index contributed by atoms with van der Waals surface area (Å²) in [4.78, 5) is 28.8. The number of halogens is 3. The van der Waals surface area contributed by atoms with E-state index >= 15 is 0 Å². The van der Waals surface area contributed by atoms with Crippen LogP contribution in [0.4, 0.5) is 19.0 Å². The number of aromatic nitrogens is 2. The summed E-state index contributed by atoms with van der Waals surface area (Å²) >= 11 is 0. The maximum atomic E-state index is 13.3. The van der Waals surface area contributed by atoms with Crippen molar-refractivity contribution in [2.75, 3.05) is 44.2 Å². The van der Waals surface area contributed by atoms with Crippen LogP contribution in [0.25, 0.3) is 0 Å². The minimum atomic E-state index is -4.51. The molecule has 11 heteroatoms. The molecule has 202 valence electrons. The number of carbonyl (C=O) groups is 2. The van der Waals surface area contributed by atoms with E-state index in [1.54, 1.807) is 22.3 Å². The second kappa shape index (κ2) is 12.3. The van der Waals surface area contributed by atoms with Crippen LogP contribution in [0, 0.1) is 11.8 Å². The van der Waals surface area contributed by atoms with Gasteiger partial charge in [-0.15, -0.1) is 10.2 Å². The van der Waals surface area contributed by atoms with Crippen LogP contribution in [0.5, 0.6) is 5.75 Å². The number of nitrogens with zero attached hydrogens (tertiary/aromatic N) is 4. The number of rotatable bonds is 6. The third-order valence-corrected chi connectivity index (χ3v) is 5.87. The monoisotopic (exact) mass is 537 g/mol. The summed E-state index contributed by atoms with van der Waals surface area (Å²) in [5, 5.41) is 9.50. The molecule has 0 bridgehead atoms. The predicted octanol–water partition coefficient (Wildman–Crippen LogP) is 3.53. The Morgan fingerprint density at radius 2 is 1.74 bits per heavy atom. The molecule has 2 heterocycles. The van der Waals surface area contributed by atoms with Crippen LogP contribution in [0.1, 0.15) is 38.9 Å². The standard InChI is InChI=1S/C28H26F3N5O3/c1-2-39-22-8-5-6-20(18-22)10-11-21-7-3-4-9-23(21)27(38)36-16-14-35(15-17-36)25-13-12-24(33-34-25)26(37)32-19-28(29,30)31/h3-9,12-13,18H,2,14-17,19H2,1H3,(H,32,37).